The van der Waals surface area contributed by atoms with Crippen molar-refractivity contribution in [3.05, 3.63) is 63.7 Å². The number of benzene rings is 2. The molecule has 0 aliphatic rings. The van der Waals surface area contributed by atoms with Gasteiger partial charge in [0, 0.05) is 10.9 Å². The Bertz CT molecular complexity index is 1180. The van der Waals surface area contributed by atoms with E-state index in [1.54, 1.807) is 12.3 Å². The second-order valence-corrected chi connectivity index (χ2v) is 11.7. The van der Waals surface area contributed by atoms with Crippen molar-refractivity contribution in [1.29, 1.82) is 0 Å². The van der Waals surface area contributed by atoms with Crippen molar-refractivity contribution in [3.8, 4) is 5.75 Å². The predicted molar refractivity (Wildman–Crippen MR) is 148 cm³/mol. The first-order chi connectivity index (χ1) is 14.6. The van der Waals surface area contributed by atoms with E-state index in [0.717, 1.165) is 29.3 Å². The Kier molecular flexibility index (Phi) is 8.17. The van der Waals surface area contributed by atoms with E-state index in [1.807, 2.05) is 24.3 Å². The number of aryl methyl sites for hydroxylation is 1. The van der Waals surface area contributed by atoms with Gasteiger partial charge in [-0.05, 0) is 92.9 Å². The van der Waals surface area contributed by atoms with E-state index in [-0.39, 0.29) is 11.0 Å². The largest absolute Gasteiger partial charge is 0.491 e. The number of hydrogen-bond donors (Lipinski definition) is 0. The molecule has 0 saturated carbocycles. The molecule has 1 heterocycles. The molecule has 164 valence electrons. The van der Waals surface area contributed by atoms with Crippen molar-refractivity contribution >= 4 is 78.2 Å². The van der Waals surface area contributed by atoms with E-state index >= 15 is 0 Å². The number of halogens is 3. The molecule has 2 aromatic carbocycles. The van der Waals surface area contributed by atoms with Crippen LogP contribution in [0.2, 0.25) is 0 Å². The average Bonchev–Trinajstić information content (AvgIpc) is 2.67. The standard InChI is InChI=1S/C23H24BrI2N3O2/c1-5-6-20-28-19-8-7-15(24)11-16(19)22(30)29(20)27-12-14-9-17(25)21(18(26)10-14)31-13-23(2,3)4/h7-12H,5-6,13H2,1-4H3. The Morgan fingerprint density at radius 1 is 1.19 bits per heavy atom. The minimum Gasteiger partial charge on any atom is -0.491 e. The third-order valence-corrected chi connectivity index (χ3v) is 6.44. The first-order valence-electron chi connectivity index (χ1n) is 9.96. The molecule has 0 aliphatic carbocycles. The number of hydrogen-bond acceptors (Lipinski definition) is 4. The third-order valence-electron chi connectivity index (χ3n) is 4.34. The molecule has 3 rings (SSSR count). The van der Waals surface area contributed by atoms with Gasteiger partial charge >= 0.3 is 0 Å². The van der Waals surface area contributed by atoms with Gasteiger partial charge < -0.3 is 4.74 Å². The van der Waals surface area contributed by atoms with Gasteiger partial charge in [0.2, 0.25) is 0 Å². The lowest BCUT2D eigenvalue weighted by Gasteiger charge is -2.20. The molecule has 0 atom stereocenters. The van der Waals surface area contributed by atoms with Gasteiger partial charge in [-0.25, -0.2) is 4.98 Å². The SMILES string of the molecule is CCCc1nc2ccc(Br)cc2c(=O)n1N=Cc1cc(I)c(OCC(C)(C)C)c(I)c1. The molecule has 0 unspecified atom stereocenters. The Labute approximate surface area is 218 Å². The zero-order chi connectivity index (χ0) is 22.8. The van der Waals surface area contributed by atoms with Crippen LogP contribution in [0.1, 0.15) is 45.5 Å². The maximum Gasteiger partial charge on any atom is 0.282 e. The number of nitrogens with zero attached hydrogens (tertiary/aromatic N) is 3. The lowest BCUT2D eigenvalue weighted by molar-refractivity contribution is 0.195. The molecule has 1 aromatic heterocycles. The second kappa shape index (κ2) is 10.3. The Morgan fingerprint density at radius 2 is 1.87 bits per heavy atom. The van der Waals surface area contributed by atoms with Crippen LogP contribution in [0.4, 0.5) is 0 Å². The maximum atomic E-state index is 13.1. The predicted octanol–water partition coefficient (Wildman–Crippen LogP) is 6.63. The Morgan fingerprint density at radius 3 is 2.48 bits per heavy atom. The van der Waals surface area contributed by atoms with Gasteiger partial charge in [-0.15, -0.1) is 0 Å². The van der Waals surface area contributed by atoms with E-state index in [1.165, 1.54) is 4.68 Å². The summed E-state index contributed by atoms with van der Waals surface area (Å²) in [7, 11) is 0. The van der Waals surface area contributed by atoms with E-state index in [0.29, 0.717) is 29.8 Å². The van der Waals surface area contributed by atoms with Gasteiger partial charge in [0.15, 0.2) is 0 Å². The Hall–Kier alpha value is -1.01. The molecule has 0 amide bonds. The molecular weight excluding hydrogens is 684 g/mol. The van der Waals surface area contributed by atoms with Crippen molar-refractivity contribution in [2.75, 3.05) is 6.61 Å². The molecule has 5 nitrogen and oxygen atoms in total. The molecule has 8 heteroatoms. The van der Waals surface area contributed by atoms with E-state index in [9.17, 15) is 4.79 Å². The van der Waals surface area contributed by atoms with Gasteiger partial charge in [-0.3, -0.25) is 4.79 Å². The molecule has 0 saturated heterocycles. The quantitative estimate of drug-likeness (QED) is 0.214. The number of rotatable bonds is 6. The smallest absolute Gasteiger partial charge is 0.282 e. The van der Waals surface area contributed by atoms with E-state index < -0.39 is 0 Å². The van der Waals surface area contributed by atoms with Crippen LogP contribution in [-0.4, -0.2) is 22.5 Å². The molecule has 0 N–H and O–H groups in total. The zero-order valence-corrected chi connectivity index (χ0v) is 23.8. The summed E-state index contributed by atoms with van der Waals surface area (Å²) >= 11 is 8.00. The summed E-state index contributed by atoms with van der Waals surface area (Å²) in [5, 5.41) is 5.07. The molecule has 0 radical (unpaired) electrons. The van der Waals surface area contributed by atoms with Gasteiger partial charge in [0.05, 0.1) is 30.9 Å². The normalized spacial score (nSPS) is 12.1. The van der Waals surface area contributed by atoms with Crippen molar-refractivity contribution in [2.45, 2.75) is 40.5 Å². The highest BCUT2D eigenvalue weighted by molar-refractivity contribution is 14.1. The molecule has 3 aromatic rings. The summed E-state index contributed by atoms with van der Waals surface area (Å²) in [5.74, 6) is 1.54. The van der Waals surface area contributed by atoms with Crippen molar-refractivity contribution in [3.63, 3.8) is 0 Å². The molecule has 0 fully saturated rings. The van der Waals surface area contributed by atoms with E-state index in [2.05, 4.69) is 98.9 Å². The van der Waals surface area contributed by atoms with Gasteiger partial charge in [-0.1, -0.05) is 43.6 Å². The fourth-order valence-corrected chi connectivity index (χ4v) is 5.39. The molecule has 0 aliphatic heterocycles. The molecular formula is C23H24BrI2N3O2. The summed E-state index contributed by atoms with van der Waals surface area (Å²) in [6, 6.07) is 9.57. The van der Waals surface area contributed by atoms with Crippen LogP contribution in [0.25, 0.3) is 10.9 Å². The van der Waals surface area contributed by atoms with Crippen LogP contribution in [0, 0.1) is 12.6 Å². The molecule has 0 spiro atoms. The third kappa shape index (κ3) is 6.28. The first-order valence-corrected chi connectivity index (χ1v) is 12.9. The molecule has 0 bridgehead atoms. The van der Waals surface area contributed by atoms with Crippen molar-refractivity contribution in [2.24, 2.45) is 10.5 Å². The average molecular weight is 708 g/mol. The first kappa shape index (κ1) is 24.6. The minimum absolute atomic E-state index is 0.0845. The topological polar surface area (TPSA) is 56.5 Å². The highest BCUT2D eigenvalue weighted by Gasteiger charge is 2.15. The van der Waals surface area contributed by atoms with Crippen LogP contribution in [-0.2, 0) is 6.42 Å². The van der Waals surface area contributed by atoms with Crippen LogP contribution in [0.15, 0.2) is 44.7 Å². The van der Waals surface area contributed by atoms with Crippen LogP contribution < -0.4 is 10.3 Å². The summed E-state index contributed by atoms with van der Waals surface area (Å²) in [4.78, 5) is 17.8. The summed E-state index contributed by atoms with van der Waals surface area (Å²) < 4.78 is 10.3. The number of aromatic nitrogens is 2. The highest BCUT2D eigenvalue weighted by Crippen LogP contribution is 2.30. The van der Waals surface area contributed by atoms with Gasteiger partial charge in [0.25, 0.3) is 5.56 Å². The van der Waals surface area contributed by atoms with Gasteiger partial charge in [-0.2, -0.15) is 9.78 Å². The maximum absolute atomic E-state index is 13.1. The summed E-state index contributed by atoms with van der Waals surface area (Å²) in [6.45, 7) is 9.15. The fraction of sp³-hybridized carbons (Fsp3) is 0.348. The molecule has 31 heavy (non-hydrogen) atoms. The van der Waals surface area contributed by atoms with Crippen LogP contribution in [0.5, 0.6) is 5.75 Å². The lowest BCUT2D eigenvalue weighted by atomic mass is 9.99. The monoisotopic (exact) mass is 707 g/mol. The van der Waals surface area contributed by atoms with Crippen LogP contribution in [0.3, 0.4) is 0 Å². The summed E-state index contributed by atoms with van der Waals surface area (Å²) in [6.07, 6.45) is 3.26. The highest BCUT2D eigenvalue weighted by atomic mass is 127. The summed E-state index contributed by atoms with van der Waals surface area (Å²) in [5.41, 5.74) is 1.51. The fourth-order valence-electron chi connectivity index (χ4n) is 2.90. The lowest BCUT2D eigenvalue weighted by Crippen LogP contribution is -2.22. The van der Waals surface area contributed by atoms with E-state index in [4.69, 9.17) is 4.74 Å². The van der Waals surface area contributed by atoms with Crippen molar-refractivity contribution < 1.29 is 4.74 Å². The van der Waals surface area contributed by atoms with Crippen LogP contribution >= 0.6 is 61.1 Å². The van der Waals surface area contributed by atoms with Gasteiger partial charge in [0.1, 0.15) is 11.6 Å². The Balaban J connectivity index is 2.00. The number of fused-ring (bicyclic) bond motifs is 1. The zero-order valence-electron chi connectivity index (χ0n) is 17.9. The van der Waals surface area contributed by atoms with Crippen molar-refractivity contribution in [1.82, 2.24) is 9.66 Å². The second-order valence-electron chi connectivity index (χ2n) is 8.46. The minimum atomic E-state index is -0.166. The number of ether oxygens (including phenoxy) is 1.